The first kappa shape index (κ1) is 16.5. The molecule has 0 spiro atoms. The number of rotatable bonds is 6. The molecule has 0 bridgehead atoms. The van der Waals surface area contributed by atoms with E-state index >= 15 is 0 Å². The molecule has 1 aromatic heterocycles. The first-order valence-corrected chi connectivity index (χ1v) is 9.04. The van der Waals surface area contributed by atoms with Crippen molar-refractivity contribution >= 4 is 10.0 Å². The molecule has 1 aliphatic heterocycles. The zero-order valence-corrected chi connectivity index (χ0v) is 13.9. The van der Waals surface area contributed by atoms with Crippen molar-refractivity contribution in [3.8, 4) is 0 Å². The lowest BCUT2D eigenvalue weighted by Gasteiger charge is -2.29. The maximum Gasteiger partial charge on any atom is 0.248 e. The standard InChI is InChI=1S/C14H25N3O3S/c1-4-8-17(10-13-6-5-7-15-9-13)21(18,19)14-11(2)16-20-12(14)3/h13,15H,4-10H2,1-3H3. The van der Waals surface area contributed by atoms with E-state index < -0.39 is 10.0 Å². The van der Waals surface area contributed by atoms with Crippen LogP contribution < -0.4 is 5.32 Å². The van der Waals surface area contributed by atoms with Crippen molar-refractivity contribution in [2.45, 2.75) is 44.9 Å². The molecule has 0 aromatic carbocycles. The monoisotopic (exact) mass is 315 g/mol. The lowest BCUT2D eigenvalue weighted by molar-refractivity contribution is 0.291. The van der Waals surface area contributed by atoms with Gasteiger partial charge in [-0.05, 0) is 52.1 Å². The van der Waals surface area contributed by atoms with Crippen molar-refractivity contribution < 1.29 is 12.9 Å². The fraction of sp³-hybridized carbons (Fsp3) is 0.786. The van der Waals surface area contributed by atoms with Crippen LogP contribution in [0.25, 0.3) is 0 Å². The molecule has 1 unspecified atom stereocenters. The van der Waals surface area contributed by atoms with Crippen molar-refractivity contribution in [1.29, 1.82) is 0 Å². The van der Waals surface area contributed by atoms with Gasteiger partial charge in [0.25, 0.3) is 0 Å². The minimum absolute atomic E-state index is 0.236. The molecule has 0 saturated carbocycles. The molecule has 1 atom stereocenters. The van der Waals surface area contributed by atoms with E-state index in [1.165, 1.54) is 0 Å². The van der Waals surface area contributed by atoms with Gasteiger partial charge in [0.2, 0.25) is 10.0 Å². The molecule has 120 valence electrons. The minimum Gasteiger partial charge on any atom is -0.360 e. The summed E-state index contributed by atoms with van der Waals surface area (Å²) in [6.07, 6.45) is 2.98. The van der Waals surface area contributed by atoms with Gasteiger partial charge in [-0.25, -0.2) is 8.42 Å². The Morgan fingerprint density at radius 1 is 1.43 bits per heavy atom. The summed E-state index contributed by atoms with van der Waals surface area (Å²) in [5.41, 5.74) is 0.440. The van der Waals surface area contributed by atoms with Crippen molar-refractivity contribution in [2.75, 3.05) is 26.2 Å². The van der Waals surface area contributed by atoms with Gasteiger partial charge in [0, 0.05) is 13.1 Å². The van der Waals surface area contributed by atoms with E-state index in [-0.39, 0.29) is 4.90 Å². The molecule has 1 fully saturated rings. The first-order valence-electron chi connectivity index (χ1n) is 7.60. The van der Waals surface area contributed by atoms with Crippen molar-refractivity contribution in [3.63, 3.8) is 0 Å². The van der Waals surface area contributed by atoms with Crippen molar-refractivity contribution in [2.24, 2.45) is 5.92 Å². The van der Waals surface area contributed by atoms with E-state index in [1.807, 2.05) is 6.92 Å². The lowest BCUT2D eigenvalue weighted by atomic mass is 10.00. The van der Waals surface area contributed by atoms with E-state index in [1.54, 1.807) is 18.2 Å². The van der Waals surface area contributed by atoms with Crippen LogP contribution in [0.15, 0.2) is 9.42 Å². The maximum atomic E-state index is 12.9. The molecule has 0 radical (unpaired) electrons. The Labute approximate surface area is 126 Å². The van der Waals surface area contributed by atoms with Crippen LogP contribution in [0.1, 0.15) is 37.6 Å². The first-order chi connectivity index (χ1) is 9.96. The second-order valence-electron chi connectivity index (χ2n) is 5.73. The van der Waals surface area contributed by atoms with Gasteiger partial charge in [-0.2, -0.15) is 4.31 Å². The van der Waals surface area contributed by atoms with E-state index in [2.05, 4.69) is 10.5 Å². The van der Waals surface area contributed by atoms with E-state index in [0.29, 0.717) is 30.5 Å². The van der Waals surface area contributed by atoms with Gasteiger partial charge in [-0.1, -0.05) is 12.1 Å². The second kappa shape index (κ2) is 6.89. The van der Waals surface area contributed by atoms with E-state index in [0.717, 1.165) is 32.4 Å². The molecule has 0 amide bonds. The van der Waals surface area contributed by atoms with Gasteiger partial charge in [-0.15, -0.1) is 0 Å². The highest BCUT2D eigenvalue weighted by molar-refractivity contribution is 7.89. The average Bonchev–Trinajstić information content (AvgIpc) is 2.79. The summed E-state index contributed by atoms with van der Waals surface area (Å²) in [6, 6.07) is 0. The molecule has 7 heteroatoms. The largest absolute Gasteiger partial charge is 0.360 e. The summed E-state index contributed by atoms with van der Waals surface area (Å²) in [5.74, 6) is 0.746. The molecule has 21 heavy (non-hydrogen) atoms. The topological polar surface area (TPSA) is 75.4 Å². The van der Waals surface area contributed by atoms with Crippen molar-refractivity contribution in [1.82, 2.24) is 14.8 Å². The number of nitrogens with one attached hydrogen (secondary N) is 1. The molecule has 2 rings (SSSR count). The van der Waals surface area contributed by atoms with E-state index in [9.17, 15) is 8.42 Å². The summed E-state index contributed by atoms with van der Waals surface area (Å²) in [4.78, 5) is 0.236. The fourth-order valence-corrected chi connectivity index (χ4v) is 4.80. The number of hydrogen-bond acceptors (Lipinski definition) is 5. The van der Waals surface area contributed by atoms with Gasteiger partial charge in [-0.3, -0.25) is 0 Å². The molecule has 0 aliphatic carbocycles. The third-order valence-corrected chi connectivity index (χ3v) is 6.01. The zero-order valence-electron chi connectivity index (χ0n) is 13.1. The Hall–Kier alpha value is -0.920. The third kappa shape index (κ3) is 3.64. The number of nitrogens with zero attached hydrogens (tertiary/aromatic N) is 2. The van der Waals surface area contributed by atoms with Gasteiger partial charge in [0.15, 0.2) is 5.76 Å². The highest BCUT2D eigenvalue weighted by Crippen LogP contribution is 2.25. The SMILES string of the molecule is CCCN(CC1CCCNC1)S(=O)(=O)c1c(C)noc1C. The smallest absolute Gasteiger partial charge is 0.248 e. The van der Waals surface area contributed by atoms with Crippen LogP contribution >= 0.6 is 0 Å². The molecule has 1 saturated heterocycles. The van der Waals surface area contributed by atoms with Crippen LogP contribution in [0, 0.1) is 19.8 Å². The van der Waals surface area contributed by atoms with Gasteiger partial charge < -0.3 is 9.84 Å². The van der Waals surface area contributed by atoms with Crippen LogP contribution in [-0.2, 0) is 10.0 Å². The fourth-order valence-electron chi connectivity index (χ4n) is 2.90. The number of sulfonamides is 1. The molecule has 1 N–H and O–H groups in total. The van der Waals surface area contributed by atoms with Crippen LogP contribution in [-0.4, -0.2) is 44.1 Å². The normalized spacial score (nSPS) is 20.1. The predicted octanol–water partition coefficient (Wildman–Crippen LogP) is 1.69. The lowest BCUT2D eigenvalue weighted by Crippen LogP contribution is -2.41. The molecule has 6 nitrogen and oxygen atoms in total. The molecular formula is C14H25N3O3S. The molecule has 1 aromatic rings. The van der Waals surface area contributed by atoms with Crippen LogP contribution in [0.2, 0.25) is 0 Å². The van der Waals surface area contributed by atoms with Crippen LogP contribution in [0.4, 0.5) is 0 Å². The Bertz CT molecular complexity index is 543. The third-order valence-electron chi connectivity index (χ3n) is 3.90. The van der Waals surface area contributed by atoms with Crippen LogP contribution in [0.5, 0.6) is 0 Å². The molecule has 2 heterocycles. The summed E-state index contributed by atoms with van der Waals surface area (Å²) >= 11 is 0. The Balaban J connectivity index is 2.23. The number of piperidine rings is 1. The predicted molar refractivity (Wildman–Crippen MR) is 80.6 cm³/mol. The Kier molecular flexibility index (Phi) is 5.40. The van der Waals surface area contributed by atoms with Gasteiger partial charge >= 0.3 is 0 Å². The molecular weight excluding hydrogens is 290 g/mol. The van der Waals surface area contributed by atoms with E-state index in [4.69, 9.17) is 4.52 Å². The number of aryl methyl sites for hydroxylation is 2. The zero-order chi connectivity index (χ0) is 15.5. The minimum atomic E-state index is -3.53. The summed E-state index contributed by atoms with van der Waals surface area (Å²) in [7, 11) is -3.53. The molecule has 1 aliphatic rings. The number of aromatic nitrogens is 1. The number of hydrogen-bond donors (Lipinski definition) is 1. The average molecular weight is 315 g/mol. The summed E-state index contributed by atoms with van der Waals surface area (Å²) in [5, 5.41) is 7.12. The highest BCUT2D eigenvalue weighted by Gasteiger charge is 2.32. The van der Waals surface area contributed by atoms with Gasteiger partial charge in [0.1, 0.15) is 10.6 Å². The highest BCUT2D eigenvalue weighted by atomic mass is 32.2. The quantitative estimate of drug-likeness (QED) is 0.864. The van der Waals surface area contributed by atoms with Gasteiger partial charge in [0.05, 0.1) is 0 Å². The maximum absolute atomic E-state index is 12.9. The van der Waals surface area contributed by atoms with Crippen molar-refractivity contribution in [3.05, 3.63) is 11.5 Å². The Morgan fingerprint density at radius 2 is 2.19 bits per heavy atom. The Morgan fingerprint density at radius 3 is 2.71 bits per heavy atom. The second-order valence-corrected chi connectivity index (χ2v) is 7.60. The summed E-state index contributed by atoms with van der Waals surface area (Å²) in [6.45, 7) is 8.33. The van der Waals surface area contributed by atoms with Crippen LogP contribution in [0.3, 0.4) is 0 Å². The summed E-state index contributed by atoms with van der Waals surface area (Å²) < 4.78 is 32.4.